The predicted octanol–water partition coefficient (Wildman–Crippen LogP) is 1.68. The van der Waals surface area contributed by atoms with Gasteiger partial charge >= 0.3 is 0 Å². The third-order valence-corrected chi connectivity index (χ3v) is 3.81. The van der Waals surface area contributed by atoms with Crippen molar-refractivity contribution in [3.05, 3.63) is 0 Å². The van der Waals surface area contributed by atoms with E-state index in [4.69, 9.17) is 0 Å². The van der Waals surface area contributed by atoms with Crippen LogP contribution in [0, 0.1) is 5.41 Å². The first-order chi connectivity index (χ1) is 6.08. The number of nitrogens with one attached hydrogen (secondary N) is 1. The summed E-state index contributed by atoms with van der Waals surface area (Å²) in [6.45, 7) is 4.71. The molecule has 0 aromatic rings. The fourth-order valence-electron chi connectivity index (χ4n) is 2.64. The second kappa shape index (κ2) is 3.25. The highest BCUT2D eigenvalue weighted by Gasteiger charge is 2.38. The molecule has 1 atom stereocenters. The van der Waals surface area contributed by atoms with Gasteiger partial charge in [0, 0.05) is 12.1 Å². The van der Waals surface area contributed by atoms with E-state index in [1.165, 1.54) is 19.3 Å². The molecule has 0 spiro atoms. The maximum Gasteiger partial charge on any atom is 0.0570 e. The monoisotopic (exact) mass is 183 g/mol. The van der Waals surface area contributed by atoms with E-state index in [1.54, 1.807) is 0 Å². The smallest absolute Gasteiger partial charge is 0.0570 e. The van der Waals surface area contributed by atoms with Crippen molar-refractivity contribution in [1.29, 1.82) is 0 Å². The minimum Gasteiger partial charge on any atom is -0.393 e. The molecule has 76 valence electrons. The predicted molar refractivity (Wildman–Crippen MR) is 53.6 cm³/mol. The topological polar surface area (TPSA) is 32.3 Å². The molecule has 2 aliphatic rings. The SMILES string of the molecule is CC1(C)CCCC1NC1CC(O)C1. The molecule has 2 rings (SSSR count). The van der Waals surface area contributed by atoms with Gasteiger partial charge in [0.25, 0.3) is 0 Å². The highest BCUT2D eigenvalue weighted by Crippen LogP contribution is 2.38. The van der Waals surface area contributed by atoms with E-state index >= 15 is 0 Å². The van der Waals surface area contributed by atoms with Gasteiger partial charge in [-0.15, -0.1) is 0 Å². The molecule has 2 saturated carbocycles. The molecule has 1 unspecified atom stereocenters. The first-order valence-corrected chi connectivity index (χ1v) is 5.52. The molecule has 0 aromatic carbocycles. The van der Waals surface area contributed by atoms with E-state index in [1.807, 2.05) is 0 Å². The second-order valence-electron chi connectivity index (χ2n) is 5.42. The van der Waals surface area contributed by atoms with Gasteiger partial charge in [0.1, 0.15) is 0 Å². The molecule has 0 heterocycles. The summed E-state index contributed by atoms with van der Waals surface area (Å²) < 4.78 is 0. The lowest BCUT2D eigenvalue weighted by molar-refractivity contribution is 0.0511. The Hall–Kier alpha value is -0.0800. The summed E-state index contributed by atoms with van der Waals surface area (Å²) in [7, 11) is 0. The van der Waals surface area contributed by atoms with Crippen LogP contribution >= 0.6 is 0 Å². The fraction of sp³-hybridized carbons (Fsp3) is 1.00. The van der Waals surface area contributed by atoms with E-state index in [9.17, 15) is 5.11 Å². The molecule has 2 nitrogen and oxygen atoms in total. The Morgan fingerprint density at radius 2 is 2.00 bits per heavy atom. The Morgan fingerprint density at radius 3 is 2.46 bits per heavy atom. The summed E-state index contributed by atoms with van der Waals surface area (Å²) >= 11 is 0. The van der Waals surface area contributed by atoms with Crippen LogP contribution in [0.3, 0.4) is 0 Å². The van der Waals surface area contributed by atoms with Crippen molar-refractivity contribution in [3.63, 3.8) is 0 Å². The highest BCUT2D eigenvalue weighted by atomic mass is 16.3. The van der Waals surface area contributed by atoms with Crippen LogP contribution in [0.15, 0.2) is 0 Å². The lowest BCUT2D eigenvalue weighted by Crippen LogP contribution is -2.51. The van der Waals surface area contributed by atoms with Gasteiger partial charge in [-0.1, -0.05) is 20.3 Å². The van der Waals surface area contributed by atoms with Gasteiger partial charge < -0.3 is 10.4 Å². The van der Waals surface area contributed by atoms with Gasteiger partial charge in [0.2, 0.25) is 0 Å². The van der Waals surface area contributed by atoms with Gasteiger partial charge in [-0.25, -0.2) is 0 Å². The zero-order chi connectivity index (χ0) is 9.47. The Morgan fingerprint density at radius 1 is 1.31 bits per heavy atom. The van der Waals surface area contributed by atoms with Crippen molar-refractivity contribution in [1.82, 2.24) is 5.32 Å². The largest absolute Gasteiger partial charge is 0.393 e. The molecule has 0 amide bonds. The zero-order valence-electron chi connectivity index (χ0n) is 8.71. The van der Waals surface area contributed by atoms with Crippen molar-refractivity contribution in [3.8, 4) is 0 Å². The molecule has 0 saturated heterocycles. The average Bonchev–Trinajstić information content (AvgIpc) is 2.28. The fourth-order valence-corrected chi connectivity index (χ4v) is 2.64. The Bertz CT molecular complexity index is 185. The lowest BCUT2D eigenvalue weighted by atomic mass is 9.83. The van der Waals surface area contributed by atoms with Crippen molar-refractivity contribution in [2.75, 3.05) is 0 Å². The number of rotatable bonds is 2. The summed E-state index contributed by atoms with van der Waals surface area (Å²) in [5, 5.41) is 12.9. The van der Waals surface area contributed by atoms with Crippen molar-refractivity contribution in [2.45, 2.75) is 64.1 Å². The Labute approximate surface area is 80.7 Å². The van der Waals surface area contributed by atoms with Gasteiger partial charge in [-0.2, -0.15) is 0 Å². The molecule has 2 aliphatic carbocycles. The molecular weight excluding hydrogens is 162 g/mol. The van der Waals surface area contributed by atoms with Crippen LogP contribution in [0.4, 0.5) is 0 Å². The van der Waals surface area contributed by atoms with Crippen LogP contribution in [-0.4, -0.2) is 23.3 Å². The third kappa shape index (κ3) is 1.89. The van der Waals surface area contributed by atoms with Crippen LogP contribution in [0.1, 0.15) is 46.0 Å². The minimum absolute atomic E-state index is 0.0259. The second-order valence-corrected chi connectivity index (χ2v) is 5.42. The van der Waals surface area contributed by atoms with Crippen LogP contribution in [0.25, 0.3) is 0 Å². The molecular formula is C11H21NO. The lowest BCUT2D eigenvalue weighted by Gasteiger charge is -2.38. The van der Waals surface area contributed by atoms with Gasteiger partial charge in [0.05, 0.1) is 6.10 Å². The maximum absolute atomic E-state index is 9.18. The first kappa shape index (κ1) is 9.47. The molecule has 13 heavy (non-hydrogen) atoms. The van der Waals surface area contributed by atoms with Crippen LogP contribution in [-0.2, 0) is 0 Å². The normalized spacial score (nSPS) is 43.2. The molecule has 0 aliphatic heterocycles. The van der Waals surface area contributed by atoms with Crippen molar-refractivity contribution >= 4 is 0 Å². The van der Waals surface area contributed by atoms with Crippen LogP contribution in [0.2, 0.25) is 0 Å². The first-order valence-electron chi connectivity index (χ1n) is 5.52. The number of hydrogen-bond acceptors (Lipinski definition) is 2. The van der Waals surface area contributed by atoms with Gasteiger partial charge in [0.15, 0.2) is 0 Å². The molecule has 2 N–H and O–H groups in total. The van der Waals surface area contributed by atoms with Gasteiger partial charge in [-0.3, -0.25) is 0 Å². The molecule has 0 radical (unpaired) electrons. The molecule has 0 bridgehead atoms. The number of aliphatic hydroxyl groups excluding tert-OH is 1. The standard InChI is InChI=1S/C11H21NO/c1-11(2)5-3-4-10(11)12-8-6-9(13)7-8/h8-10,12-13H,3-7H2,1-2H3. The van der Waals surface area contributed by atoms with Crippen LogP contribution < -0.4 is 5.32 Å². The summed E-state index contributed by atoms with van der Waals surface area (Å²) in [6.07, 6.45) is 5.93. The molecule has 2 fully saturated rings. The Kier molecular flexibility index (Phi) is 2.37. The van der Waals surface area contributed by atoms with Gasteiger partial charge in [-0.05, 0) is 31.1 Å². The van der Waals surface area contributed by atoms with Crippen LogP contribution in [0.5, 0.6) is 0 Å². The highest BCUT2D eigenvalue weighted by molar-refractivity contribution is 4.95. The van der Waals surface area contributed by atoms with Crippen molar-refractivity contribution < 1.29 is 5.11 Å². The summed E-state index contributed by atoms with van der Waals surface area (Å²) in [5.41, 5.74) is 0.473. The van der Waals surface area contributed by atoms with Crippen molar-refractivity contribution in [2.24, 2.45) is 5.41 Å². The Balaban J connectivity index is 1.81. The van der Waals surface area contributed by atoms with E-state index in [0.717, 1.165) is 12.8 Å². The number of hydrogen-bond donors (Lipinski definition) is 2. The van der Waals surface area contributed by atoms with E-state index < -0.39 is 0 Å². The minimum atomic E-state index is -0.0259. The third-order valence-electron chi connectivity index (χ3n) is 3.81. The summed E-state index contributed by atoms with van der Waals surface area (Å²) in [5.74, 6) is 0. The molecule has 2 heteroatoms. The zero-order valence-corrected chi connectivity index (χ0v) is 8.71. The maximum atomic E-state index is 9.18. The summed E-state index contributed by atoms with van der Waals surface area (Å²) in [4.78, 5) is 0. The number of aliphatic hydroxyl groups is 1. The average molecular weight is 183 g/mol. The molecule has 0 aromatic heterocycles. The van der Waals surface area contributed by atoms with E-state index in [2.05, 4.69) is 19.2 Å². The van der Waals surface area contributed by atoms with E-state index in [0.29, 0.717) is 17.5 Å². The summed E-state index contributed by atoms with van der Waals surface area (Å²) in [6, 6.07) is 1.28. The quantitative estimate of drug-likeness (QED) is 0.682. The van der Waals surface area contributed by atoms with E-state index in [-0.39, 0.29) is 6.10 Å².